The fraction of sp³-hybridized carbons (Fsp3) is 0.133. The third-order valence-electron chi connectivity index (χ3n) is 3.16. The fourth-order valence-electron chi connectivity index (χ4n) is 2.19. The van der Waals surface area contributed by atoms with Gasteiger partial charge in [-0.1, -0.05) is 44.4 Å². The van der Waals surface area contributed by atoms with Gasteiger partial charge in [-0.05, 0) is 23.8 Å². The number of carbonyl (C=O) groups excluding carboxylic acids is 1. The van der Waals surface area contributed by atoms with Crippen molar-refractivity contribution in [1.29, 1.82) is 0 Å². The molecule has 1 aromatic carbocycles. The van der Waals surface area contributed by atoms with E-state index >= 15 is 0 Å². The van der Waals surface area contributed by atoms with Crippen molar-refractivity contribution in [2.45, 2.75) is 0 Å². The number of fused-ring (bicyclic) bond motifs is 1. The van der Waals surface area contributed by atoms with Gasteiger partial charge in [0, 0.05) is 10.6 Å². The van der Waals surface area contributed by atoms with E-state index in [0.717, 1.165) is 20.9 Å². The maximum Gasteiger partial charge on any atom is 0.342 e. The zero-order valence-corrected chi connectivity index (χ0v) is 13.7. The minimum absolute atomic E-state index is 0.386. The van der Waals surface area contributed by atoms with E-state index in [1.165, 1.54) is 7.11 Å². The summed E-state index contributed by atoms with van der Waals surface area (Å²) in [5.74, 6) is 0.161. The lowest BCUT2D eigenvalue weighted by Crippen LogP contribution is -2.03. The molecule has 1 heterocycles. The minimum atomic E-state index is -0.386. The summed E-state index contributed by atoms with van der Waals surface area (Å²) in [6, 6.07) is 9.44. The summed E-state index contributed by atoms with van der Waals surface area (Å²) in [6.45, 7) is 0. The summed E-state index contributed by atoms with van der Waals surface area (Å²) in [5.41, 5.74) is 2.39. The summed E-state index contributed by atoms with van der Waals surface area (Å²) in [4.78, 5) is 14.1. The Morgan fingerprint density at radius 2 is 1.86 bits per heavy atom. The molecule has 108 valence electrons. The van der Waals surface area contributed by atoms with Gasteiger partial charge in [-0.25, -0.2) is 4.79 Å². The molecule has 3 nitrogen and oxygen atoms in total. The van der Waals surface area contributed by atoms with Crippen LogP contribution in [-0.4, -0.2) is 20.2 Å². The van der Waals surface area contributed by atoms with Crippen LogP contribution >= 0.6 is 32.3 Å². The summed E-state index contributed by atoms with van der Waals surface area (Å²) in [6.07, 6.45) is 0. The molecule has 6 heteroatoms. The summed E-state index contributed by atoms with van der Waals surface area (Å²) in [7, 11) is 6.16. The molecular weight excluding hydrogens is 328 g/mol. The first-order valence-electron chi connectivity index (χ1n) is 6.09. The van der Waals surface area contributed by atoms with Crippen molar-refractivity contribution in [3.05, 3.63) is 40.9 Å². The van der Waals surface area contributed by atoms with Crippen LogP contribution in [0.1, 0.15) is 10.4 Å². The minimum Gasteiger partial charge on any atom is -0.496 e. The molecular formula is C15H11ClO3S2. The van der Waals surface area contributed by atoms with Crippen LogP contribution in [0.5, 0.6) is 5.75 Å². The Morgan fingerprint density at radius 1 is 1.14 bits per heavy atom. The zero-order valence-electron chi connectivity index (χ0n) is 11.3. The van der Waals surface area contributed by atoms with Gasteiger partial charge in [-0.3, -0.25) is 0 Å². The smallest absolute Gasteiger partial charge is 0.342 e. The predicted octanol–water partition coefficient (Wildman–Crippen LogP) is 5.03. The number of benzene rings is 1. The Morgan fingerprint density at radius 3 is 2.48 bits per heavy atom. The van der Waals surface area contributed by atoms with Gasteiger partial charge in [0.05, 0.1) is 24.0 Å². The summed E-state index contributed by atoms with van der Waals surface area (Å²) in [5, 5.41) is 0.684. The normalized spacial score (nSPS) is 10.8. The number of ether oxygens (including phenoxy) is 2. The Kier molecular flexibility index (Phi) is 3.89. The Hall–Kier alpha value is -1.56. The highest BCUT2D eigenvalue weighted by molar-refractivity contribution is 7.72. The monoisotopic (exact) mass is 338 g/mol. The second-order valence-corrected chi connectivity index (χ2v) is 6.94. The maximum absolute atomic E-state index is 12.1. The SMILES string of the molecule is COC(=O)c1c(OC)cc2ssc(-c3ccc(Cl)cc3)c1-2. The molecule has 0 atom stereocenters. The van der Waals surface area contributed by atoms with Gasteiger partial charge >= 0.3 is 5.97 Å². The Bertz CT molecular complexity index is 758. The van der Waals surface area contributed by atoms with Crippen LogP contribution in [0.3, 0.4) is 0 Å². The quantitative estimate of drug-likeness (QED) is 0.496. The highest BCUT2D eigenvalue weighted by Crippen LogP contribution is 2.50. The number of hydrogen-bond acceptors (Lipinski definition) is 5. The molecule has 21 heavy (non-hydrogen) atoms. The lowest BCUT2D eigenvalue weighted by atomic mass is 10.1. The number of hydrogen-bond donors (Lipinski definition) is 0. The molecule has 0 N–H and O–H groups in total. The van der Waals surface area contributed by atoms with Crippen molar-refractivity contribution in [3.63, 3.8) is 0 Å². The molecule has 0 bridgehead atoms. The van der Waals surface area contributed by atoms with E-state index in [2.05, 4.69) is 0 Å². The van der Waals surface area contributed by atoms with Crippen molar-refractivity contribution < 1.29 is 14.3 Å². The van der Waals surface area contributed by atoms with Crippen LogP contribution in [0, 0.1) is 0 Å². The van der Waals surface area contributed by atoms with E-state index < -0.39 is 0 Å². The second-order valence-electron chi connectivity index (χ2n) is 4.32. The van der Waals surface area contributed by atoms with Gasteiger partial charge in [0.15, 0.2) is 0 Å². The lowest BCUT2D eigenvalue weighted by Gasteiger charge is -2.05. The number of esters is 1. The van der Waals surface area contributed by atoms with Gasteiger partial charge in [-0.2, -0.15) is 0 Å². The van der Waals surface area contributed by atoms with Crippen LogP contribution in [0.2, 0.25) is 5.02 Å². The highest BCUT2D eigenvalue weighted by atomic mass is 35.5. The van der Waals surface area contributed by atoms with Crippen LogP contribution in [0.25, 0.3) is 20.9 Å². The molecule has 2 aliphatic rings. The van der Waals surface area contributed by atoms with Crippen molar-refractivity contribution in [2.24, 2.45) is 0 Å². The molecule has 0 aromatic heterocycles. The molecule has 1 aromatic rings. The maximum atomic E-state index is 12.1. The second kappa shape index (κ2) is 5.67. The number of rotatable bonds is 3. The largest absolute Gasteiger partial charge is 0.496 e. The molecule has 3 rings (SSSR count). The summed E-state index contributed by atoms with van der Waals surface area (Å²) >= 11 is 5.93. The van der Waals surface area contributed by atoms with E-state index in [0.29, 0.717) is 16.3 Å². The van der Waals surface area contributed by atoms with Crippen LogP contribution < -0.4 is 4.74 Å². The first-order valence-corrected chi connectivity index (χ1v) is 8.62. The summed E-state index contributed by atoms with van der Waals surface area (Å²) < 4.78 is 10.2. The van der Waals surface area contributed by atoms with Gasteiger partial charge in [0.2, 0.25) is 0 Å². The van der Waals surface area contributed by atoms with Crippen LogP contribution in [-0.2, 0) is 4.74 Å². The average molecular weight is 339 g/mol. The molecule has 0 unspecified atom stereocenters. The van der Waals surface area contributed by atoms with Gasteiger partial charge in [0.1, 0.15) is 11.3 Å². The van der Waals surface area contributed by atoms with Crippen molar-refractivity contribution in [1.82, 2.24) is 0 Å². The zero-order chi connectivity index (χ0) is 15.0. The highest BCUT2D eigenvalue weighted by Gasteiger charge is 2.28. The first kappa shape index (κ1) is 14.4. The predicted molar refractivity (Wildman–Crippen MR) is 87.2 cm³/mol. The third-order valence-corrected chi connectivity index (χ3v) is 5.89. The molecule has 0 radical (unpaired) electrons. The Balaban J connectivity index is 2.22. The van der Waals surface area contributed by atoms with Crippen LogP contribution in [0.4, 0.5) is 0 Å². The molecule has 1 aliphatic heterocycles. The van der Waals surface area contributed by atoms with Gasteiger partial charge in [0.25, 0.3) is 0 Å². The molecule has 0 fully saturated rings. The van der Waals surface area contributed by atoms with E-state index in [1.54, 1.807) is 27.8 Å². The first-order chi connectivity index (χ1) is 10.2. The molecule has 1 aliphatic carbocycles. The van der Waals surface area contributed by atoms with Crippen molar-refractivity contribution in [3.8, 4) is 26.6 Å². The number of carbonyl (C=O) groups is 1. The molecule has 0 spiro atoms. The van der Waals surface area contributed by atoms with E-state index in [1.807, 2.05) is 30.3 Å². The van der Waals surface area contributed by atoms with E-state index in [9.17, 15) is 4.79 Å². The van der Waals surface area contributed by atoms with Crippen molar-refractivity contribution in [2.75, 3.05) is 14.2 Å². The molecule has 0 amide bonds. The Labute approximate surface area is 134 Å². The molecule has 0 saturated carbocycles. The molecule has 0 saturated heterocycles. The standard InChI is InChI=1S/C15H11ClO3S2/c1-18-10-7-11-13(12(10)15(17)19-2)14(21-20-11)8-3-5-9(16)6-4-8/h3-7H,1-2H3. The fourth-order valence-corrected chi connectivity index (χ4v) is 4.97. The third kappa shape index (κ3) is 2.41. The van der Waals surface area contributed by atoms with Crippen molar-refractivity contribution >= 4 is 38.3 Å². The van der Waals surface area contributed by atoms with E-state index in [-0.39, 0.29) is 5.97 Å². The lowest BCUT2D eigenvalue weighted by molar-refractivity contribution is 0.0599. The number of halogens is 1. The van der Waals surface area contributed by atoms with E-state index in [4.69, 9.17) is 21.1 Å². The topological polar surface area (TPSA) is 35.5 Å². The van der Waals surface area contributed by atoms with Gasteiger partial charge < -0.3 is 9.47 Å². The average Bonchev–Trinajstić information content (AvgIpc) is 3.05. The number of methoxy groups -OCH3 is 2. The van der Waals surface area contributed by atoms with Gasteiger partial charge in [-0.15, -0.1) is 0 Å². The van der Waals surface area contributed by atoms with Crippen LogP contribution in [0.15, 0.2) is 30.3 Å².